The third-order valence-electron chi connectivity index (χ3n) is 0.529. The van der Waals surface area contributed by atoms with Crippen LogP contribution in [0.25, 0.3) is 0 Å². The van der Waals surface area contributed by atoms with E-state index in [9.17, 15) is 4.79 Å². The van der Waals surface area contributed by atoms with E-state index in [4.69, 9.17) is 0 Å². The molecule has 50 valence electrons. The lowest BCUT2D eigenvalue weighted by molar-refractivity contribution is -0.102. The number of nitrogens with zero attached hydrogens (tertiary/aromatic N) is 1. The number of carbonyl (C=O) groups excluding carboxylic acids is 1. The second-order valence-corrected chi connectivity index (χ2v) is 1.51. The first-order chi connectivity index (χ1) is 4.31. The number of thiocarbonyl (C=S) groups is 1. The molecule has 0 amide bonds. The van der Waals surface area contributed by atoms with Crippen LogP contribution in [0.3, 0.4) is 0 Å². The molecule has 0 heterocycles. The predicted octanol–water partition coefficient (Wildman–Crippen LogP) is -0.735. The maximum absolute atomic E-state index is 9.62. The lowest BCUT2D eigenvalue weighted by Crippen LogP contribution is -2.28. The topological polar surface area (TPSA) is 53.5 Å². The van der Waals surface area contributed by atoms with Crippen molar-refractivity contribution in [3.63, 3.8) is 0 Å². The van der Waals surface area contributed by atoms with Crippen LogP contribution in [-0.2, 0) is 4.79 Å². The molecule has 0 rings (SSSR count). The van der Waals surface area contributed by atoms with Crippen molar-refractivity contribution in [2.75, 3.05) is 7.05 Å². The van der Waals surface area contributed by atoms with Gasteiger partial charge < -0.3 is 5.32 Å². The molecule has 0 aliphatic carbocycles. The Bertz CT molecular complexity index is 134. The van der Waals surface area contributed by atoms with Gasteiger partial charge in [0.25, 0.3) is 0 Å². The molecule has 0 atom stereocenters. The van der Waals surface area contributed by atoms with Gasteiger partial charge in [0, 0.05) is 7.05 Å². The molecule has 0 spiro atoms. The summed E-state index contributed by atoms with van der Waals surface area (Å²) in [4.78, 5) is 9.62. The number of rotatable bonds is 2. The van der Waals surface area contributed by atoms with Crippen LogP contribution in [0.2, 0.25) is 0 Å². The van der Waals surface area contributed by atoms with Crippen molar-refractivity contribution >= 4 is 29.8 Å². The molecule has 9 heavy (non-hydrogen) atoms. The van der Waals surface area contributed by atoms with Crippen LogP contribution in [0.4, 0.5) is 0 Å². The molecule has 0 saturated heterocycles. The Kier molecular flexibility index (Phi) is 4.61. The van der Waals surface area contributed by atoms with Gasteiger partial charge in [-0.05, 0) is 12.2 Å². The van der Waals surface area contributed by atoms with Gasteiger partial charge in [0.05, 0.1) is 6.21 Å². The van der Waals surface area contributed by atoms with Gasteiger partial charge >= 0.3 is 0 Å². The van der Waals surface area contributed by atoms with Crippen molar-refractivity contribution in [3.8, 4) is 0 Å². The highest BCUT2D eigenvalue weighted by Gasteiger charge is 1.81. The van der Waals surface area contributed by atoms with Crippen molar-refractivity contribution < 1.29 is 4.79 Å². The molecule has 2 N–H and O–H groups in total. The highest BCUT2D eigenvalue weighted by atomic mass is 32.1. The molecular weight excluding hydrogens is 138 g/mol. The van der Waals surface area contributed by atoms with Crippen LogP contribution in [0, 0.1) is 0 Å². The van der Waals surface area contributed by atoms with E-state index in [1.807, 2.05) is 0 Å². The summed E-state index contributed by atoms with van der Waals surface area (Å²) in [5.74, 6) is 0. The SMILES string of the molecule is CNC(=S)N/N=C/C=O. The summed E-state index contributed by atoms with van der Waals surface area (Å²) in [6, 6.07) is 0. The van der Waals surface area contributed by atoms with Crippen molar-refractivity contribution in [3.05, 3.63) is 0 Å². The van der Waals surface area contributed by atoms with E-state index < -0.39 is 0 Å². The fraction of sp³-hybridized carbons (Fsp3) is 0.250. The molecule has 0 saturated carbocycles. The summed E-state index contributed by atoms with van der Waals surface area (Å²) in [5.41, 5.74) is 2.39. The zero-order valence-electron chi connectivity index (χ0n) is 4.92. The average molecular weight is 145 g/mol. The van der Waals surface area contributed by atoms with Crippen molar-refractivity contribution in [1.29, 1.82) is 0 Å². The van der Waals surface area contributed by atoms with E-state index in [0.717, 1.165) is 6.21 Å². The van der Waals surface area contributed by atoms with Gasteiger partial charge in [0.2, 0.25) is 0 Å². The summed E-state index contributed by atoms with van der Waals surface area (Å²) in [7, 11) is 1.66. The molecule has 0 bridgehead atoms. The van der Waals surface area contributed by atoms with Gasteiger partial charge in [-0.2, -0.15) is 5.10 Å². The molecule has 0 fully saturated rings. The zero-order chi connectivity index (χ0) is 7.11. The highest BCUT2D eigenvalue weighted by molar-refractivity contribution is 7.80. The Balaban J connectivity index is 3.37. The summed E-state index contributed by atoms with van der Waals surface area (Å²) >= 11 is 4.62. The lowest BCUT2D eigenvalue weighted by atomic mass is 10.9. The molecule has 0 aromatic carbocycles. The molecular formula is C4H7N3OS. The molecule has 0 aliphatic heterocycles. The maximum atomic E-state index is 9.62. The fourth-order valence-electron chi connectivity index (χ4n) is 0.182. The standard InChI is InChI=1S/C4H7N3OS/c1-5-4(9)7-6-2-3-8/h2-3H,1H3,(H2,5,7,9)/b6-2+. The third-order valence-corrected chi connectivity index (χ3v) is 0.824. The fourth-order valence-corrected chi connectivity index (χ4v) is 0.235. The normalized spacial score (nSPS) is 9.00. The van der Waals surface area contributed by atoms with Crippen molar-refractivity contribution in [1.82, 2.24) is 10.7 Å². The van der Waals surface area contributed by atoms with Crippen LogP contribution in [0.5, 0.6) is 0 Å². The van der Waals surface area contributed by atoms with E-state index in [1.165, 1.54) is 0 Å². The van der Waals surface area contributed by atoms with Crippen LogP contribution in [0.1, 0.15) is 0 Å². The summed E-state index contributed by atoms with van der Waals surface area (Å²) in [5, 5.41) is 6.41. The Morgan fingerprint density at radius 3 is 2.89 bits per heavy atom. The average Bonchev–Trinajstić information content (AvgIpc) is 1.89. The van der Waals surface area contributed by atoms with E-state index in [2.05, 4.69) is 28.1 Å². The van der Waals surface area contributed by atoms with Gasteiger partial charge in [-0.1, -0.05) is 0 Å². The third kappa shape index (κ3) is 4.89. The van der Waals surface area contributed by atoms with E-state index >= 15 is 0 Å². The number of carbonyl (C=O) groups is 1. The molecule has 0 aromatic heterocycles. The second kappa shape index (κ2) is 5.17. The number of hydrazone groups is 1. The minimum absolute atomic E-state index is 0.383. The quantitative estimate of drug-likeness (QED) is 0.233. The molecule has 4 nitrogen and oxygen atoms in total. The van der Waals surface area contributed by atoms with Gasteiger partial charge in [0.1, 0.15) is 0 Å². The number of nitrogens with one attached hydrogen (secondary N) is 2. The molecule has 0 aliphatic rings. The monoisotopic (exact) mass is 145 g/mol. The van der Waals surface area contributed by atoms with Crippen LogP contribution >= 0.6 is 12.2 Å². The number of aldehydes is 1. The lowest BCUT2D eigenvalue weighted by Gasteiger charge is -1.96. The Morgan fingerprint density at radius 1 is 1.78 bits per heavy atom. The first-order valence-corrected chi connectivity index (χ1v) is 2.66. The van der Waals surface area contributed by atoms with Gasteiger partial charge in [-0.3, -0.25) is 10.2 Å². The first-order valence-electron chi connectivity index (χ1n) is 2.25. The van der Waals surface area contributed by atoms with Crippen molar-refractivity contribution in [2.24, 2.45) is 5.10 Å². The Hall–Kier alpha value is -0.970. The van der Waals surface area contributed by atoms with Gasteiger partial charge in [-0.15, -0.1) is 0 Å². The largest absolute Gasteiger partial charge is 0.364 e. The van der Waals surface area contributed by atoms with Gasteiger partial charge in [-0.25, -0.2) is 0 Å². The molecule has 5 heteroatoms. The predicted molar refractivity (Wildman–Crippen MR) is 39.3 cm³/mol. The first kappa shape index (κ1) is 8.03. The summed E-state index contributed by atoms with van der Waals surface area (Å²) in [6.45, 7) is 0. The Morgan fingerprint density at radius 2 is 2.44 bits per heavy atom. The number of hydrogen-bond donors (Lipinski definition) is 2. The van der Waals surface area contributed by atoms with Crippen LogP contribution < -0.4 is 10.7 Å². The van der Waals surface area contributed by atoms with E-state index in [0.29, 0.717) is 11.4 Å². The number of hydrogen-bond acceptors (Lipinski definition) is 3. The molecule has 0 aromatic rings. The smallest absolute Gasteiger partial charge is 0.186 e. The summed E-state index contributed by atoms with van der Waals surface area (Å²) in [6.07, 6.45) is 1.63. The van der Waals surface area contributed by atoms with Gasteiger partial charge in [0.15, 0.2) is 11.4 Å². The maximum Gasteiger partial charge on any atom is 0.186 e. The minimum Gasteiger partial charge on any atom is -0.364 e. The van der Waals surface area contributed by atoms with E-state index in [-0.39, 0.29) is 0 Å². The zero-order valence-corrected chi connectivity index (χ0v) is 5.73. The van der Waals surface area contributed by atoms with E-state index in [1.54, 1.807) is 7.05 Å². The highest BCUT2D eigenvalue weighted by Crippen LogP contribution is 1.60. The minimum atomic E-state index is 0.383. The van der Waals surface area contributed by atoms with Crippen molar-refractivity contribution in [2.45, 2.75) is 0 Å². The molecule has 0 unspecified atom stereocenters. The van der Waals surface area contributed by atoms with Crippen LogP contribution in [-0.4, -0.2) is 24.7 Å². The molecule has 0 radical (unpaired) electrons. The second-order valence-electron chi connectivity index (χ2n) is 1.11. The Labute approximate surface area is 58.3 Å². The van der Waals surface area contributed by atoms with Crippen LogP contribution in [0.15, 0.2) is 5.10 Å². The summed E-state index contributed by atoms with van der Waals surface area (Å²) < 4.78 is 0.